The molecule has 0 saturated heterocycles. The van der Waals surface area contributed by atoms with E-state index in [9.17, 15) is 4.79 Å². The van der Waals surface area contributed by atoms with E-state index in [1.807, 2.05) is 61.5 Å². The lowest BCUT2D eigenvalue weighted by Crippen LogP contribution is -2.14. The largest absolute Gasteiger partial charge is 0.326 e. The van der Waals surface area contributed by atoms with Crippen molar-refractivity contribution in [3.8, 4) is 11.1 Å². The predicted molar refractivity (Wildman–Crippen MR) is 100 cm³/mol. The van der Waals surface area contributed by atoms with Crippen LogP contribution in [0.1, 0.15) is 11.1 Å². The molecule has 3 aromatic carbocycles. The Labute approximate surface area is 147 Å². The second-order valence-corrected chi connectivity index (χ2v) is 6.16. The van der Waals surface area contributed by atoms with Gasteiger partial charge in [0.15, 0.2) is 0 Å². The van der Waals surface area contributed by atoms with Gasteiger partial charge in [-0.2, -0.15) is 0 Å². The second kappa shape index (κ2) is 7.33. The molecule has 0 aliphatic heterocycles. The average molecular weight is 336 g/mol. The van der Waals surface area contributed by atoms with Gasteiger partial charge in [0.05, 0.1) is 6.42 Å². The number of benzene rings is 3. The highest BCUT2D eigenvalue weighted by Crippen LogP contribution is 2.21. The lowest BCUT2D eigenvalue weighted by Gasteiger charge is -2.08. The Morgan fingerprint density at radius 1 is 0.917 bits per heavy atom. The molecular weight excluding hydrogens is 318 g/mol. The van der Waals surface area contributed by atoms with E-state index in [0.29, 0.717) is 11.4 Å². The van der Waals surface area contributed by atoms with Gasteiger partial charge in [0, 0.05) is 10.7 Å². The molecule has 0 atom stereocenters. The van der Waals surface area contributed by atoms with Gasteiger partial charge in [-0.3, -0.25) is 4.79 Å². The maximum atomic E-state index is 12.2. The minimum absolute atomic E-state index is 0.0534. The highest BCUT2D eigenvalue weighted by atomic mass is 35.5. The smallest absolute Gasteiger partial charge is 0.228 e. The highest BCUT2D eigenvalue weighted by Gasteiger charge is 2.06. The lowest BCUT2D eigenvalue weighted by molar-refractivity contribution is -0.115. The van der Waals surface area contributed by atoms with Crippen molar-refractivity contribution < 1.29 is 4.79 Å². The van der Waals surface area contributed by atoms with Crippen LogP contribution < -0.4 is 5.32 Å². The summed E-state index contributed by atoms with van der Waals surface area (Å²) in [6.45, 7) is 1.93. The van der Waals surface area contributed by atoms with Crippen LogP contribution in [0.2, 0.25) is 5.02 Å². The van der Waals surface area contributed by atoms with Gasteiger partial charge in [-0.15, -0.1) is 0 Å². The number of carbonyl (C=O) groups excluding carboxylic acids is 1. The zero-order valence-corrected chi connectivity index (χ0v) is 14.2. The summed E-state index contributed by atoms with van der Waals surface area (Å²) >= 11 is 6.08. The van der Waals surface area contributed by atoms with Crippen LogP contribution >= 0.6 is 11.6 Å². The minimum Gasteiger partial charge on any atom is -0.326 e. The summed E-state index contributed by atoms with van der Waals surface area (Å²) in [5, 5.41) is 3.53. The van der Waals surface area contributed by atoms with E-state index < -0.39 is 0 Å². The Morgan fingerprint density at radius 3 is 2.25 bits per heavy atom. The fraction of sp³-hybridized carbons (Fsp3) is 0.0952. The Bertz CT molecular complexity index is 841. The summed E-state index contributed by atoms with van der Waals surface area (Å²) in [7, 11) is 0. The van der Waals surface area contributed by atoms with Crippen LogP contribution in [0.5, 0.6) is 0 Å². The molecule has 1 amide bonds. The van der Waals surface area contributed by atoms with E-state index in [4.69, 9.17) is 11.6 Å². The van der Waals surface area contributed by atoms with Crippen LogP contribution in [0.15, 0.2) is 72.8 Å². The second-order valence-electron chi connectivity index (χ2n) is 5.75. The number of anilines is 1. The van der Waals surface area contributed by atoms with E-state index in [1.54, 1.807) is 6.07 Å². The summed E-state index contributed by atoms with van der Waals surface area (Å²) in [5.74, 6) is -0.0534. The molecule has 120 valence electrons. The maximum absolute atomic E-state index is 12.2. The third kappa shape index (κ3) is 4.03. The Balaban J connectivity index is 1.65. The molecule has 0 bridgehead atoms. The summed E-state index contributed by atoms with van der Waals surface area (Å²) in [4.78, 5) is 12.2. The van der Waals surface area contributed by atoms with Crippen LogP contribution in [0, 0.1) is 6.92 Å². The van der Waals surface area contributed by atoms with Gasteiger partial charge in [-0.1, -0.05) is 72.3 Å². The van der Waals surface area contributed by atoms with Crippen LogP contribution in [0.25, 0.3) is 11.1 Å². The van der Waals surface area contributed by atoms with E-state index >= 15 is 0 Å². The van der Waals surface area contributed by atoms with Crippen molar-refractivity contribution in [1.82, 2.24) is 0 Å². The predicted octanol–water partition coefficient (Wildman–Crippen LogP) is 5.50. The third-order valence-electron chi connectivity index (χ3n) is 3.88. The Hall–Kier alpha value is -2.58. The first-order valence-corrected chi connectivity index (χ1v) is 8.20. The molecule has 24 heavy (non-hydrogen) atoms. The first-order chi connectivity index (χ1) is 11.6. The zero-order chi connectivity index (χ0) is 16.9. The number of nitrogens with one attached hydrogen (secondary N) is 1. The minimum atomic E-state index is -0.0534. The molecule has 1 N–H and O–H groups in total. The molecule has 3 heteroatoms. The number of amides is 1. The first-order valence-electron chi connectivity index (χ1n) is 7.82. The van der Waals surface area contributed by atoms with Gasteiger partial charge in [0.1, 0.15) is 0 Å². The van der Waals surface area contributed by atoms with Crippen LogP contribution in [-0.2, 0) is 11.2 Å². The SMILES string of the molecule is Cc1ccc(NC(=O)Cc2ccc(-c3ccccc3)cc2)cc1Cl. The molecule has 2 nitrogen and oxygen atoms in total. The molecule has 3 rings (SSSR count). The quantitative estimate of drug-likeness (QED) is 0.670. The topological polar surface area (TPSA) is 29.1 Å². The summed E-state index contributed by atoms with van der Waals surface area (Å²) in [6, 6.07) is 23.8. The van der Waals surface area contributed by atoms with Gasteiger partial charge >= 0.3 is 0 Å². The Morgan fingerprint density at radius 2 is 1.58 bits per heavy atom. The molecule has 3 aromatic rings. The highest BCUT2D eigenvalue weighted by molar-refractivity contribution is 6.31. The lowest BCUT2D eigenvalue weighted by atomic mass is 10.0. The van der Waals surface area contributed by atoms with Crippen molar-refractivity contribution in [1.29, 1.82) is 0 Å². The normalized spacial score (nSPS) is 10.4. The molecule has 0 aliphatic carbocycles. The molecule has 0 heterocycles. The van der Waals surface area contributed by atoms with Gasteiger partial charge in [0.2, 0.25) is 5.91 Å². The molecule has 0 fully saturated rings. The van der Waals surface area contributed by atoms with E-state index in [2.05, 4.69) is 17.4 Å². The monoisotopic (exact) mass is 335 g/mol. The van der Waals surface area contributed by atoms with E-state index in [1.165, 1.54) is 5.56 Å². The summed E-state index contributed by atoms with van der Waals surface area (Å²) < 4.78 is 0. The number of halogens is 1. The van der Waals surface area contributed by atoms with Crippen molar-refractivity contribution in [2.24, 2.45) is 0 Å². The maximum Gasteiger partial charge on any atom is 0.228 e. The number of hydrogen-bond acceptors (Lipinski definition) is 1. The molecule has 0 radical (unpaired) electrons. The van der Waals surface area contributed by atoms with Crippen LogP contribution in [0.4, 0.5) is 5.69 Å². The van der Waals surface area contributed by atoms with Crippen LogP contribution in [-0.4, -0.2) is 5.91 Å². The molecule has 0 aliphatic rings. The van der Waals surface area contributed by atoms with Crippen molar-refractivity contribution in [3.63, 3.8) is 0 Å². The zero-order valence-electron chi connectivity index (χ0n) is 13.4. The fourth-order valence-electron chi connectivity index (χ4n) is 2.51. The van der Waals surface area contributed by atoms with Gasteiger partial charge in [0.25, 0.3) is 0 Å². The third-order valence-corrected chi connectivity index (χ3v) is 4.29. The molecule has 0 unspecified atom stereocenters. The molecule has 0 aromatic heterocycles. The van der Waals surface area contributed by atoms with Crippen molar-refractivity contribution in [2.75, 3.05) is 5.32 Å². The summed E-state index contributed by atoms with van der Waals surface area (Å²) in [5.41, 5.74) is 5.00. The molecule has 0 spiro atoms. The van der Waals surface area contributed by atoms with Gasteiger partial charge in [-0.25, -0.2) is 0 Å². The molecule has 0 saturated carbocycles. The molecular formula is C21H18ClNO. The van der Waals surface area contributed by atoms with Gasteiger partial charge in [-0.05, 0) is 41.3 Å². The average Bonchev–Trinajstić information content (AvgIpc) is 2.59. The van der Waals surface area contributed by atoms with E-state index in [0.717, 1.165) is 22.4 Å². The van der Waals surface area contributed by atoms with Crippen molar-refractivity contribution in [3.05, 3.63) is 88.9 Å². The number of rotatable bonds is 4. The van der Waals surface area contributed by atoms with Crippen LogP contribution in [0.3, 0.4) is 0 Å². The first kappa shape index (κ1) is 16.3. The number of carbonyl (C=O) groups is 1. The van der Waals surface area contributed by atoms with E-state index in [-0.39, 0.29) is 5.91 Å². The van der Waals surface area contributed by atoms with Crippen molar-refractivity contribution >= 4 is 23.2 Å². The van der Waals surface area contributed by atoms with Crippen molar-refractivity contribution in [2.45, 2.75) is 13.3 Å². The Kier molecular flexibility index (Phi) is 4.97. The number of aryl methyl sites for hydroxylation is 1. The fourth-order valence-corrected chi connectivity index (χ4v) is 2.69. The standard InChI is InChI=1S/C21H18ClNO/c1-15-7-12-19(14-20(15)22)23-21(24)13-16-8-10-18(11-9-16)17-5-3-2-4-6-17/h2-12,14H,13H2,1H3,(H,23,24). The summed E-state index contributed by atoms with van der Waals surface area (Å²) in [6.07, 6.45) is 0.334. The number of hydrogen-bond donors (Lipinski definition) is 1. The van der Waals surface area contributed by atoms with Gasteiger partial charge < -0.3 is 5.32 Å².